The zero-order chi connectivity index (χ0) is 30.6. The number of carbonyl (C=O) groups is 1. The molecule has 0 spiro atoms. The number of carbonyl (C=O) groups excluding carboxylic acids is 1. The first-order valence-electron chi connectivity index (χ1n) is 13.7. The molecule has 1 aliphatic heterocycles. The summed E-state index contributed by atoms with van der Waals surface area (Å²) >= 11 is 0. The van der Waals surface area contributed by atoms with E-state index in [4.69, 9.17) is 30.8 Å². The van der Waals surface area contributed by atoms with E-state index in [0.717, 1.165) is 11.1 Å². The van der Waals surface area contributed by atoms with Crippen molar-refractivity contribution in [2.75, 3.05) is 6.54 Å². The maximum atomic E-state index is 13.2. The molecule has 16 heteroatoms. The second-order valence-corrected chi connectivity index (χ2v) is 10.2. The second-order valence-electron chi connectivity index (χ2n) is 10.2. The van der Waals surface area contributed by atoms with Gasteiger partial charge in [0.2, 0.25) is 0 Å². The van der Waals surface area contributed by atoms with Gasteiger partial charge in [0.25, 0.3) is 0 Å². The lowest BCUT2D eigenvalue weighted by Gasteiger charge is -2.43. The van der Waals surface area contributed by atoms with Crippen LogP contribution in [0.4, 0.5) is 4.79 Å². The zero-order valence-corrected chi connectivity index (χ0v) is 23.1. The van der Waals surface area contributed by atoms with Crippen LogP contribution in [0.2, 0.25) is 0 Å². The highest BCUT2D eigenvalue weighted by Crippen LogP contribution is 2.32. The molecule has 8 atom stereocenters. The van der Waals surface area contributed by atoms with Crippen molar-refractivity contribution in [3.05, 3.63) is 103 Å². The third kappa shape index (κ3) is 8.51. The van der Waals surface area contributed by atoms with Crippen LogP contribution in [0.1, 0.15) is 30.4 Å². The first-order chi connectivity index (χ1) is 20.9. The standard InChI is InChI=1S/C27H32N10O6/c28-34-31-20-12-11-19(42-26(20)43-25-22(33-36-30)13-21(32-35-29)23(38)24(25)39)15-37(14-17-7-3-1-4-8-17)27(40)41-16-18-9-5-2-6-10-18/h1-10,19-26,38-39H,11-16H2/t19-,20-,21+,22-,23-,24+,25+,26+/m0/s1. The number of rotatable bonds is 11. The Labute approximate surface area is 246 Å². The molecule has 2 aliphatic rings. The molecule has 0 unspecified atom stereocenters. The van der Waals surface area contributed by atoms with E-state index in [9.17, 15) is 15.0 Å². The van der Waals surface area contributed by atoms with Crippen LogP contribution in [0.5, 0.6) is 0 Å². The molecule has 1 heterocycles. The van der Waals surface area contributed by atoms with E-state index >= 15 is 0 Å². The molecule has 2 N–H and O–H groups in total. The first kappa shape index (κ1) is 31.4. The number of azide groups is 3. The molecule has 2 aromatic carbocycles. The van der Waals surface area contributed by atoms with Gasteiger partial charge in [-0.15, -0.1) is 0 Å². The van der Waals surface area contributed by atoms with Crippen LogP contribution in [-0.2, 0) is 27.4 Å². The molecule has 2 fully saturated rings. The van der Waals surface area contributed by atoms with Gasteiger partial charge in [-0.3, -0.25) is 0 Å². The molecule has 1 amide bonds. The monoisotopic (exact) mass is 592 g/mol. The van der Waals surface area contributed by atoms with Gasteiger partial charge < -0.3 is 29.3 Å². The summed E-state index contributed by atoms with van der Waals surface area (Å²) in [7, 11) is 0. The summed E-state index contributed by atoms with van der Waals surface area (Å²) in [6, 6.07) is 15.8. The molecule has 1 saturated carbocycles. The Balaban J connectivity index is 1.50. The molecular formula is C27H32N10O6. The Morgan fingerprint density at radius 3 is 2.12 bits per heavy atom. The van der Waals surface area contributed by atoms with Crippen LogP contribution in [-0.4, -0.2) is 76.6 Å². The zero-order valence-electron chi connectivity index (χ0n) is 23.1. The summed E-state index contributed by atoms with van der Waals surface area (Å²) < 4.78 is 17.8. The van der Waals surface area contributed by atoms with E-state index in [0.29, 0.717) is 12.8 Å². The van der Waals surface area contributed by atoms with Crippen molar-refractivity contribution in [2.24, 2.45) is 15.3 Å². The lowest BCUT2D eigenvalue weighted by Crippen LogP contribution is -2.58. The first-order valence-corrected chi connectivity index (χ1v) is 13.7. The van der Waals surface area contributed by atoms with Gasteiger partial charge in [-0.1, -0.05) is 76.0 Å². The minimum absolute atomic E-state index is 0.0840. The molecule has 1 aliphatic carbocycles. The number of nitrogens with zero attached hydrogens (tertiary/aromatic N) is 10. The van der Waals surface area contributed by atoms with Gasteiger partial charge in [-0.05, 0) is 47.0 Å². The number of amides is 1. The summed E-state index contributed by atoms with van der Waals surface area (Å²) in [5.74, 6) is 0. The minimum Gasteiger partial charge on any atom is -0.445 e. The average Bonchev–Trinajstić information content (AvgIpc) is 3.02. The molecule has 2 aromatic rings. The van der Waals surface area contributed by atoms with Gasteiger partial charge in [-0.25, -0.2) is 4.79 Å². The van der Waals surface area contributed by atoms with E-state index in [1.807, 2.05) is 60.7 Å². The lowest BCUT2D eigenvalue weighted by molar-refractivity contribution is -0.254. The summed E-state index contributed by atoms with van der Waals surface area (Å²) in [5, 5.41) is 32.3. The van der Waals surface area contributed by atoms with Crippen LogP contribution in [0.3, 0.4) is 0 Å². The van der Waals surface area contributed by atoms with Crippen LogP contribution >= 0.6 is 0 Å². The Kier molecular flexibility index (Phi) is 11.4. The Hall–Kier alpha value is -4.52. The number of aliphatic hydroxyl groups is 2. The number of benzene rings is 2. The quantitative estimate of drug-likeness (QED) is 0.209. The Morgan fingerprint density at radius 2 is 1.47 bits per heavy atom. The van der Waals surface area contributed by atoms with E-state index in [1.165, 1.54) is 4.90 Å². The second kappa shape index (κ2) is 15.6. The highest BCUT2D eigenvalue weighted by Gasteiger charge is 2.46. The van der Waals surface area contributed by atoms with Gasteiger partial charge in [0.05, 0.1) is 43.0 Å². The van der Waals surface area contributed by atoms with Crippen LogP contribution in [0, 0.1) is 0 Å². The van der Waals surface area contributed by atoms with Crippen molar-refractivity contribution in [2.45, 2.75) is 81.2 Å². The molecule has 226 valence electrons. The topological polar surface area (TPSA) is 235 Å². The summed E-state index contributed by atoms with van der Waals surface area (Å²) in [4.78, 5) is 23.1. The van der Waals surface area contributed by atoms with Crippen LogP contribution in [0.25, 0.3) is 31.3 Å². The van der Waals surface area contributed by atoms with Crippen LogP contribution < -0.4 is 0 Å². The summed E-state index contributed by atoms with van der Waals surface area (Å²) in [6.45, 7) is 0.438. The fraction of sp³-hybridized carbons (Fsp3) is 0.519. The highest BCUT2D eigenvalue weighted by molar-refractivity contribution is 5.67. The predicted octanol–water partition coefficient (Wildman–Crippen LogP) is 4.88. The summed E-state index contributed by atoms with van der Waals surface area (Å²) in [6.07, 6.45) is -6.03. The third-order valence-corrected chi connectivity index (χ3v) is 7.36. The molecule has 0 aromatic heterocycles. The van der Waals surface area contributed by atoms with E-state index in [-0.39, 0.29) is 26.1 Å². The smallest absolute Gasteiger partial charge is 0.410 e. The van der Waals surface area contributed by atoms with E-state index in [1.54, 1.807) is 0 Å². The Bertz CT molecular complexity index is 1350. The molecule has 1 saturated heterocycles. The molecule has 4 rings (SSSR count). The van der Waals surface area contributed by atoms with Crippen molar-refractivity contribution in [3.8, 4) is 0 Å². The van der Waals surface area contributed by atoms with E-state index in [2.05, 4.69) is 30.1 Å². The Morgan fingerprint density at radius 1 is 0.860 bits per heavy atom. The number of aliphatic hydroxyl groups excluding tert-OH is 2. The maximum Gasteiger partial charge on any atom is 0.410 e. The van der Waals surface area contributed by atoms with Crippen molar-refractivity contribution in [1.82, 2.24) is 4.90 Å². The van der Waals surface area contributed by atoms with Gasteiger partial charge in [0.1, 0.15) is 12.7 Å². The fourth-order valence-electron chi connectivity index (χ4n) is 5.20. The normalized spacial score (nSPS) is 28.3. The highest BCUT2D eigenvalue weighted by atomic mass is 16.7. The van der Waals surface area contributed by atoms with Gasteiger partial charge >= 0.3 is 6.09 Å². The van der Waals surface area contributed by atoms with Crippen molar-refractivity contribution >= 4 is 6.09 Å². The van der Waals surface area contributed by atoms with Gasteiger partial charge in [0, 0.05) is 21.3 Å². The van der Waals surface area contributed by atoms with Gasteiger partial charge in [0.15, 0.2) is 6.29 Å². The number of hydrogen-bond acceptors (Lipinski definition) is 9. The average molecular weight is 593 g/mol. The number of hydrogen-bond donors (Lipinski definition) is 2. The van der Waals surface area contributed by atoms with Crippen molar-refractivity contribution in [1.29, 1.82) is 0 Å². The largest absolute Gasteiger partial charge is 0.445 e. The van der Waals surface area contributed by atoms with E-state index < -0.39 is 54.9 Å². The molecule has 16 nitrogen and oxygen atoms in total. The predicted molar refractivity (Wildman–Crippen MR) is 152 cm³/mol. The lowest BCUT2D eigenvalue weighted by atomic mass is 9.84. The molecular weight excluding hydrogens is 560 g/mol. The third-order valence-electron chi connectivity index (χ3n) is 7.36. The SMILES string of the molecule is [N-]=[N+]=N[C@H]1CC[C@@H](CN(Cc2ccccc2)C(=O)OCc2ccccc2)O[C@@H]1O[C@H]1[C@H](O)[C@@H](O)[C@H](N=[N+]=[N-])C[C@@H]1N=[N+]=[N-]. The van der Waals surface area contributed by atoms with Crippen molar-refractivity contribution < 1.29 is 29.2 Å². The molecule has 0 bridgehead atoms. The minimum atomic E-state index is -1.60. The number of ether oxygens (including phenoxy) is 3. The van der Waals surface area contributed by atoms with Crippen LogP contribution in [0.15, 0.2) is 76.0 Å². The maximum absolute atomic E-state index is 13.2. The molecule has 0 radical (unpaired) electrons. The molecule has 43 heavy (non-hydrogen) atoms. The van der Waals surface area contributed by atoms with Crippen molar-refractivity contribution in [3.63, 3.8) is 0 Å². The summed E-state index contributed by atoms with van der Waals surface area (Å²) in [5.41, 5.74) is 28.7. The fourth-order valence-corrected chi connectivity index (χ4v) is 5.20. The van der Waals surface area contributed by atoms with Gasteiger partial charge in [-0.2, -0.15) is 0 Å².